The lowest BCUT2D eigenvalue weighted by Crippen LogP contribution is -2.43. The minimum atomic E-state index is -4.32. The normalized spacial score (nSPS) is 20.7. The molecule has 1 saturated heterocycles. The molecular weight excluding hydrogens is 409 g/mol. The summed E-state index contributed by atoms with van der Waals surface area (Å²) in [5.74, 6) is 0.0302. The minimum Gasteiger partial charge on any atom is -0.333 e. The van der Waals surface area contributed by atoms with Crippen LogP contribution < -0.4 is 5.32 Å². The maximum absolute atomic E-state index is 12.5. The molecule has 0 aromatic carbocycles. The van der Waals surface area contributed by atoms with Gasteiger partial charge in [0.25, 0.3) is 0 Å². The number of hydrogen-bond acceptors (Lipinski definition) is 5. The van der Waals surface area contributed by atoms with Crippen LogP contribution in [-0.2, 0) is 11.8 Å². The Hall–Kier alpha value is -2.91. The topological polar surface area (TPSA) is 75.9 Å². The number of halogens is 3. The summed E-state index contributed by atoms with van der Waals surface area (Å²) in [6.07, 6.45) is 1.82. The predicted octanol–water partition coefficient (Wildman–Crippen LogP) is 4.06. The molecule has 1 amide bonds. The van der Waals surface area contributed by atoms with Crippen LogP contribution in [0.25, 0.3) is 5.57 Å². The highest BCUT2D eigenvalue weighted by atomic mass is 19.4. The molecule has 0 radical (unpaired) electrons. The van der Waals surface area contributed by atoms with Gasteiger partial charge < -0.3 is 10.2 Å². The summed E-state index contributed by atoms with van der Waals surface area (Å²) in [6.45, 7) is 3.82. The van der Waals surface area contributed by atoms with Crippen LogP contribution in [0.3, 0.4) is 0 Å². The van der Waals surface area contributed by atoms with Crippen molar-refractivity contribution in [1.29, 1.82) is 0 Å². The molecule has 1 N–H and O–H groups in total. The van der Waals surface area contributed by atoms with E-state index in [1.807, 2.05) is 33.2 Å². The minimum absolute atomic E-state index is 0.0860. The van der Waals surface area contributed by atoms with Gasteiger partial charge in [0.05, 0.1) is 29.5 Å². The van der Waals surface area contributed by atoms with E-state index in [0.29, 0.717) is 12.4 Å². The van der Waals surface area contributed by atoms with E-state index in [0.717, 1.165) is 41.1 Å². The number of fused-ring (bicyclic) bond motifs is 2. The van der Waals surface area contributed by atoms with Crippen molar-refractivity contribution < 1.29 is 18.0 Å². The largest absolute Gasteiger partial charge is 0.389 e. The highest BCUT2D eigenvalue weighted by Gasteiger charge is 2.41. The van der Waals surface area contributed by atoms with Crippen molar-refractivity contribution in [2.45, 2.75) is 64.2 Å². The molecule has 1 fully saturated rings. The molecule has 2 aliphatic heterocycles. The van der Waals surface area contributed by atoms with Crippen molar-refractivity contribution in [2.75, 3.05) is 5.32 Å². The van der Waals surface area contributed by atoms with Crippen LogP contribution in [0.5, 0.6) is 0 Å². The van der Waals surface area contributed by atoms with E-state index < -0.39 is 24.9 Å². The van der Waals surface area contributed by atoms with Crippen LogP contribution >= 0.6 is 0 Å². The van der Waals surface area contributed by atoms with Crippen molar-refractivity contribution in [3.05, 3.63) is 35.4 Å². The van der Waals surface area contributed by atoms with E-state index in [9.17, 15) is 18.0 Å². The molecule has 4 heterocycles. The van der Waals surface area contributed by atoms with Crippen LogP contribution in [-0.4, -0.2) is 48.8 Å². The number of carbonyl (C=O) groups is 1. The Morgan fingerprint density at radius 3 is 2.71 bits per heavy atom. The standard InChI is InChI=1S/C21H25F3N6O/c1-12-10-25-20(26-17-11-29(3)28-13(17)2)27-19(12)14-8-15-4-5-16(9-14)30(15)18(31)6-7-21(22,23)24/h8,10-11,15-16H,4-7,9H2,1-3H3,(H,25,26,27)/t15-,16+/m0/s1. The van der Waals surface area contributed by atoms with Gasteiger partial charge in [0.2, 0.25) is 11.9 Å². The monoisotopic (exact) mass is 434 g/mol. The zero-order chi connectivity index (χ0) is 22.3. The molecule has 0 saturated carbocycles. The summed E-state index contributed by atoms with van der Waals surface area (Å²) in [7, 11) is 1.84. The number of amides is 1. The molecule has 2 aromatic rings. The van der Waals surface area contributed by atoms with Crippen LogP contribution in [0, 0.1) is 13.8 Å². The van der Waals surface area contributed by atoms with E-state index in [1.54, 1.807) is 15.8 Å². The van der Waals surface area contributed by atoms with Gasteiger partial charge in [-0.15, -0.1) is 0 Å². The number of aryl methyl sites for hydroxylation is 3. The fourth-order valence-electron chi connectivity index (χ4n) is 4.44. The van der Waals surface area contributed by atoms with Gasteiger partial charge in [0.1, 0.15) is 0 Å². The molecule has 10 heteroatoms. The highest BCUT2D eigenvalue weighted by molar-refractivity contribution is 5.80. The number of rotatable bonds is 5. The smallest absolute Gasteiger partial charge is 0.333 e. The van der Waals surface area contributed by atoms with E-state index in [-0.39, 0.29) is 12.1 Å². The van der Waals surface area contributed by atoms with Crippen molar-refractivity contribution >= 4 is 23.1 Å². The molecule has 7 nitrogen and oxygen atoms in total. The molecule has 0 unspecified atom stereocenters. The molecule has 2 aliphatic rings. The Morgan fingerprint density at radius 1 is 1.29 bits per heavy atom. The van der Waals surface area contributed by atoms with Crippen LogP contribution in [0.1, 0.15) is 49.1 Å². The van der Waals surface area contributed by atoms with Crippen LogP contribution in [0.2, 0.25) is 0 Å². The van der Waals surface area contributed by atoms with Crippen molar-refractivity contribution in [3.8, 4) is 0 Å². The van der Waals surface area contributed by atoms with Crippen LogP contribution in [0.4, 0.5) is 24.8 Å². The summed E-state index contributed by atoms with van der Waals surface area (Å²) in [6, 6.07) is -0.266. The molecule has 0 spiro atoms. The average molecular weight is 434 g/mol. The van der Waals surface area contributed by atoms with Gasteiger partial charge in [-0.25, -0.2) is 9.97 Å². The summed E-state index contributed by atoms with van der Waals surface area (Å²) in [4.78, 5) is 23.2. The van der Waals surface area contributed by atoms with Gasteiger partial charge in [0, 0.05) is 31.9 Å². The summed E-state index contributed by atoms with van der Waals surface area (Å²) >= 11 is 0. The first-order valence-electron chi connectivity index (χ1n) is 10.3. The van der Waals surface area contributed by atoms with E-state index in [2.05, 4.69) is 15.4 Å². The Labute approximate surface area is 178 Å². The lowest BCUT2D eigenvalue weighted by Gasteiger charge is -2.34. The average Bonchev–Trinajstić information content (AvgIpc) is 3.14. The first-order valence-corrected chi connectivity index (χ1v) is 10.3. The quantitative estimate of drug-likeness (QED) is 0.768. The first kappa shape index (κ1) is 21.3. The maximum atomic E-state index is 12.5. The molecular formula is C21H25F3N6O. The third-order valence-corrected chi connectivity index (χ3v) is 5.84. The number of nitrogens with zero attached hydrogens (tertiary/aromatic N) is 5. The highest BCUT2D eigenvalue weighted by Crippen LogP contribution is 2.39. The van der Waals surface area contributed by atoms with Crippen molar-refractivity contribution in [1.82, 2.24) is 24.6 Å². The zero-order valence-electron chi connectivity index (χ0n) is 17.7. The van der Waals surface area contributed by atoms with Gasteiger partial charge >= 0.3 is 6.18 Å². The Morgan fingerprint density at radius 2 is 2.06 bits per heavy atom. The number of anilines is 2. The van der Waals surface area contributed by atoms with Gasteiger partial charge in [0.15, 0.2) is 0 Å². The summed E-state index contributed by atoms with van der Waals surface area (Å²) in [5, 5.41) is 7.49. The lowest BCUT2D eigenvalue weighted by molar-refractivity contribution is -0.150. The number of alkyl halides is 3. The van der Waals surface area contributed by atoms with E-state index in [4.69, 9.17) is 4.98 Å². The SMILES string of the molecule is Cc1cnc(Nc2cn(C)nc2C)nc1C1=C[C@@H]2CC[C@H](C1)N2C(=O)CCC(F)(F)F. The van der Waals surface area contributed by atoms with Gasteiger partial charge in [-0.3, -0.25) is 9.48 Å². The summed E-state index contributed by atoms with van der Waals surface area (Å²) < 4.78 is 39.3. The number of carbonyl (C=O) groups excluding carboxylic acids is 1. The molecule has 31 heavy (non-hydrogen) atoms. The van der Waals surface area contributed by atoms with E-state index in [1.165, 1.54) is 0 Å². The molecule has 166 valence electrons. The van der Waals surface area contributed by atoms with Gasteiger partial charge in [-0.2, -0.15) is 18.3 Å². The molecule has 0 aliphatic carbocycles. The second kappa shape index (κ2) is 7.97. The Bertz CT molecular complexity index is 1030. The fraction of sp³-hybridized carbons (Fsp3) is 0.524. The maximum Gasteiger partial charge on any atom is 0.389 e. The third-order valence-electron chi connectivity index (χ3n) is 5.84. The molecule has 2 aromatic heterocycles. The zero-order valence-corrected chi connectivity index (χ0v) is 17.7. The van der Waals surface area contributed by atoms with E-state index >= 15 is 0 Å². The van der Waals surface area contributed by atoms with Crippen molar-refractivity contribution in [2.24, 2.45) is 7.05 Å². The number of aromatic nitrogens is 4. The Kier molecular flexibility index (Phi) is 5.49. The fourth-order valence-corrected chi connectivity index (χ4v) is 4.44. The molecule has 2 atom stereocenters. The number of hydrogen-bond donors (Lipinski definition) is 1. The predicted molar refractivity (Wildman–Crippen MR) is 110 cm³/mol. The summed E-state index contributed by atoms with van der Waals surface area (Å²) in [5.41, 5.74) is 4.38. The third kappa shape index (κ3) is 4.57. The molecule has 2 bridgehead atoms. The lowest BCUT2D eigenvalue weighted by atomic mass is 9.96. The first-order chi connectivity index (χ1) is 14.6. The number of nitrogens with one attached hydrogen (secondary N) is 1. The second-order valence-corrected chi connectivity index (χ2v) is 8.26. The second-order valence-electron chi connectivity index (χ2n) is 8.26. The molecule has 4 rings (SSSR count). The van der Waals surface area contributed by atoms with Crippen LogP contribution in [0.15, 0.2) is 18.5 Å². The van der Waals surface area contributed by atoms with Crippen molar-refractivity contribution in [3.63, 3.8) is 0 Å². The Balaban J connectivity index is 1.54. The van der Waals surface area contributed by atoms with Gasteiger partial charge in [-0.1, -0.05) is 6.08 Å². The van der Waals surface area contributed by atoms with Gasteiger partial charge in [-0.05, 0) is 44.2 Å².